The molecule has 13 aromatic rings. The van der Waals surface area contributed by atoms with Crippen molar-refractivity contribution < 1.29 is 18.1 Å². The highest BCUT2D eigenvalue weighted by Crippen LogP contribution is 2.43. The molecule has 0 atom stereocenters. The van der Waals surface area contributed by atoms with Crippen molar-refractivity contribution in [2.24, 2.45) is 0 Å². The Morgan fingerprint density at radius 3 is 2.05 bits per heavy atom. The summed E-state index contributed by atoms with van der Waals surface area (Å²) in [7, 11) is 0. The molecule has 0 saturated carbocycles. The van der Waals surface area contributed by atoms with Crippen LogP contribution in [0.25, 0.3) is 120 Å². The quantitative estimate of drug-likeness (QED) is 0.177. The first-order valence-electron chi connectivity index (χ1n) is 23.8. The zero-order chi connectivity index (χ0) is 45.9. The van der Waals surface area contributed by atoms with Crippen molar-refractivity contribution in [2.45, 2.75) is 0 Å². The molecule has 0 radical (unpaired) electrons. The van der Waals surface area contributed by atoms with Crippen LogP contribution in [0.2, 0.25) is 0 Å². The molecule has 0 N–H and O–H groups in total. The van der Waals surface area contributed by atoms with Crippen molar-refractivity contribution >= 4 is 97.9 Å². The van der Waals surface area contributed by atoms with E-state index in [0.717, 1.165) is 81.7 Å². The summed E-state index contributed by atoms with van der Waals surface area (Å²) in [6.07, 6.45) is 0. The van der Waals surface area contributed by atoms with Gasteiger partial charge < -0.3 is 13.6 Å². The summed E-state index contributed by atoms with van der Waals surface area (Å²) in [4.78, 5) is 0. The molecule has 0 aliphatic rings. The molecule has 10 aromatic carbocycles. The molecule has 0 saturated heterocycles. The molecule has 3 nitrogen and oxygen atoms in total. The van der Waals surface area contributed by atoms with Crippen LogP contribution in [0, 0.1) is 0 Å². The highest BCUT2D eigenvalue weighted by Gasteiger charge is 2.21. The zero-order valence-corrected chi connectivity index (χ0v) is 30.0. The van der Waals surface area contributed by atoms with Crippen LogP contribution in [0.1, 0.15) is 13.7 Å². The minimum absolute atomic E-state index is 0.104. The van der Waals surface area contributed by atoms with Gasteiger partial charge >= 0.3 is 0 Å². The average Bonchev–Trinajstić information content (AvgIpc) is 3.98. The van der Waals surface area contributed by atoms with Gasteiger partial charge in [-0.15, -0.1) is 0 Å². The van der Waals surface area contributed by atoms with Crippen LogP contribution >= 0.6 is 0 Å². The predicted octanol–water partition coefficient (Wildman–Crippen LogP) is 14.9. The van der Waals surface area contributed by atoms with Crippen molar-refractivity contribution in [1.82, 2.24) is 9.13 Å². The summed E-state index contributed by atoms with van der Waals surface area (Å²) in [6, 6.07) is 39.9. The molecule has 3 heterocycles. The van der Waals surface area contributed by atoms with Crippen LogP contribution in [0.3, 0.4) is 0 Å². The van der Waals surface area contributed by atoms with Gasteiger partial charge in [-0.25, -0.2) is 0 Å². The van der Waals surface area contributed by atoms with E-state index in [2.05, 4.69) is 77.4 Å². The summed E-state index contributed by atoms with van der Waals surface area (Å²) >= 11 is 0. The number of hydrogen-bond acceptors (Lipinski definition) is 1. The second-order valence-electron chi connectivity index (χ2n) is 14.5. The standard InChI is InChI=1S/C54H32N2O/c1-2-13-37-29-53-45(28-36(37)12-1)46-30-39(25-27-52(46)57-53)56-49-26-22-34-11-4-6-16-42(34)54(49)47-31-44-43-17-7-8-19-48(43)55(50(44)32-51(47)56)38-23-20-35(21-24-38)41-18-9-14-33-10-3-5-15-40(33)41/h1-32H/i3D,5D,9D,10D,14D,15D,18D,20D,23D,24D. The summed E-state index contributed by atoms with van der Waals surface area (Å²) in [6.45, 7) is 0. The van der Waals surface area contributed by atoms with Gasteiger partial charge in [0.1, 0.15) is 11.2 Å². The van der Waals surface area contributed by atoms with Gasteiger partial charge in [0.05, 0.1) is 35.8 Å². The van der Waals surface area contributed by atoms with Crippen LogP contribution in [-0.2, 0) is 0 Å². The molecular formula is C54H32N2O. The minimum atomic E-state index is -0.593. The summed E-state index contributed by atoms with van der Waals surface area (Å²) in [5, 5.41) is 9.71. The lowest BCUT2D eigenvalue weighted by molar-refractivity contribution is 0.669. The maximum atomic E-state index is 9.66. The molecule has 0 spiro atoms. The Kier molecular flexibility index (Phi) is 4.56. The minimum Gasteiger partial charge on any atom is -0.456 e. The fraction of sp³-hybridized carbons (Fsp3) is 0. The van der Waals surface area contributed by atoms with Gasteiger partial charge in [0, 0.05) is 43.7 Å². The fourth-order valence-corrected chi connectivity index (χ4v) is 8.97. The van der Waals surface area contributed by atoms with Crippen LogP contribution in [0.5, 0.6) is 0 Å². The molecule has 264 valence electrons. The number of hydrogen-bond donors (Lipinski definition) is 0. The maximum Gasteiger partial charge on any atom is 0.136 e. The van der Waals surface area contributed by atoms with E-state index >= 15 is 0 Å². The second-order valence-corrected chi connectivity index (χ2v) is 14.5. The third kappa shape index (κ3) is 4.37. The van der Waals surface area contributed by atoms with Crippen LogP contribution in [0.4, 0.5) is 0 Å². The van der Waals surface area contributed by atoms with E-state index in [1.54, 1.807) is 0 Å². The number of aromatic nitrogens is 2. The number of rotatable bonds is 3. The van der Waals surface area contributed by atoms with E-state index in [0.29, 0.717) is 11.0 Å². The predicted molar refractivity (Wildman–Crippen MR) is 240 cm³/mol. The molecule has 3 aromatic heterocycles. The molecule has 0 fully saturated rings. The number of nitrogens with zero attached hydrogens (tertiary/aromatic N) is 2. The van der Waals surface area contributed by atoms with Crippen molar-refractivity contribution in [1.29, 1.82) is 0 Å². The summed E-state index contributed by atoms with van der Waals surface area (Å²) < 4.78 is 99.7. The molecule has 0 amide bonds. The Morgan fingerprint density at radius 1 is 0.368 bits per heavy atom. The third-order valence-corrected chi connectivity index (χ3v) is 11.5. The number of fused-ring (bicyclic) bond motifs is 13. The monoisotopic (exact) mass is 734 g/mol. The van der Waals surface area contributed by atoms with Crippen LogP contribution in [0.15, 0.2) is 198 Å². The molecule has 0 unspecified atom stereocenters. The first-order chi connectivity index (χ1) is 32.4. The SMILES string of the molecule is [2H]c1cc(-c2c([2H])c([2H])c([2H])c3c([2H])c([2H])c([2H])c([2H])c23)c([2H])c([2H])c1-n1c2ccccc2c2cc3c4c5ccccc5ccc4n(-c4ccc5oc6cc7ccccc7cc6c5c4)c3cc21. The number of benzene rings is 10. The second kappa shape index (κ2) is 11.5. The van der Waals surface area contributed by atoms with Gasteiger partial charge in [-0.2, -0.15) is 0 Å². The fourth-order valence-electron chi connectivity index (χ4n) is 8.97. The topological polar surface area (TPSA) is 23.0 Å². The normalized spacial score (nSPS) is 14.7. The van der Waals surface area contributed by atoms with Gasteiger partial charge in [0.2, 0.25) is 0 Å². The van der Waals surface area contributed by atoms with Crippen molar-refractivity contribution in [3.05, 3.63) is 194 Å². The molecule has 0 bridgehead atoms. The Morgan fingerprint density at radius 2 is 1.12 bits per heavy atom. The molecule has 13 rings (SSSR count). The lowest BCUT2D eigenvalue weighted by Crippen LogP contribution is -1.96. The molecule has 0 aliphatic heterocycles. The van der Waals surface area contributed by atoms with Crippen molar-refractivity contribution in [2.75, 3.05) is 0 Å². The van der Waals surface area contributed by atoms with E-state index in [9.17, 15) is 4.11 Å². The smallest absolute Gasteiger partial charge is 0.136 e. The van der Waals surface area contributed by atoms with Gasteiger partial charge in [-0.05, 0) is 110 Å². The molecular weight excluding hydrogens is 693 g/mol. The maximum absolute atomic E-state index is 9.66. The van der Waals surface area contributed by atoms with E-state index in [4.69, 9.17) is 14.0 Å². The Hall–Kier alpha value is -7.62. The Labute approximate surface area is 340 Å². The number of furan rings is 1. The zero-order valence-electron chi connectivity index (χ0n) is 40.0. The average molecular weight is 735 g/mol. The summed E-state index contributed by atoms with van der Waals surface area (Å²) in [5.74, 6) is 0. The third-order valence-electron chi connectivity index (χ3n) is 11.5. The molecule has 3 heteroatoms. The van der Waals surface area contributed by atoms with Gasteiger partial charge in [0.15, 0.2) is 0 Å². The highest BCUT2D eigenvalue weighted by atomic mass is 16.3. The molecule has 0 aliphatic carbocycles. The Balaban J connectivity index is 1.12. The number of para-hydroxylation sites is 1. The van der Waals surface area contributed by atoms with E-state index in [1.165, 1.54) is 6.07 Å². The lowest BCUT2D eigenvalue weighted by Gasteiger charge is -2.12. The van der Waals surface area contributed by atoms with E-state index in [1.807, 2.05) is 59.2 Å². The van der Waals surface area contributed by atoms with Gasteiger partial charge in [-0.1, -0.05) is 127 Å². The largest absolute Gasteiger partial charge is 0.456 e. The van der Waals surface area contributed by atoms with Crippen molar-refractivity contribution in [3.8, 4) is 22.5 Å². The first-order valence-corrected chi connectivity index (χ1v) is 18.8. The Bertz CT molecular complexity index is 4410. The van der Waals surface area contributed by atoms with E-state index < -0.39 is 48.3 Å². The first kappa shape index (κ1) is 22.7. The van der Waals surface area contributed by atoms with E-state index in [-0.39, 0.29) is 39.7 Å². The molecule has 57 heavy (non-hydrogen) atoms. The van der Waals surface area contributed by atoms with Crippen LogP contribution in [-0.4, -0.2) is 9.13 Å². The van der Waals surface area contributed by atoms with Crippen molar-refractivity contribution in [3.63, 3.8) is 0 Å². The van der Waals surface area contributed by atoms with Crippen LogP contribution < -0.4 is 0 Å². The van der Waals surface area contributed by atoms with Gasteiger partial charge in [-0.3, -0.25) is 0 Å². The van der Waals surface area contributed by atoms with Gasteiger partial charge in [0.25, 0.3) is 0 Å². The summed E-state index contributed by atoms with van der Waals surface area (Å²) in [5.41, 5.74) is 5.51. The highest BCUT2D eigenvalue weighted by molar-refractivity contribution is 6.25. The lowest BCUT2D eigenvalue weighted by atomic mass is 9.98.